The number of esters is 3. The highest BCUT2D eigenvalue weighted by molar-refractivity contribution is 7.47. The first-order valence-corrected chi connectivity index (χ1v) is 28.3. The zero-order chi connectivity index (χ0) is 49.9. The fraction of sp³-hybridized carbons (Fsp3) is 0.732. The van der Waals surface area contributed by atoms with Gasteiger partial charge in [0.15, 0.2) is 6.10 Å². The molecular weight excluding hydrogens is 880 g/mol. The average Bonchev–Trinajstić information content (AvgIpc) is 3.32. The van der Waals surface area contributed by atoms with Crippen molar-refractivity contribution in [2.45, 2.75) is 238 Å². The number of carbonyl (C=O) groups excluding carboxylic acids is 3. The molecule has 0 aliphatic heterocycles. The molecule has 0 heterocycles. The molecule has 0 saturated carbocycles. The second-order valence-corrected chi connectivity index (χ2v) is 19.1. The lowest BCUT2D eigenvalue weighted by Crippen LogP contribution is -2.30. The predicted octanol–water partition coefficient (Wildman–Crippen LogP) is 15.4. The van der Waals surface area contributed by atoms with Crippen molar-refractivity contribution in [3.63, 3.8) is 0 Å². The number of phosphoric ester groups is 1. The van der Waals surface area contributed by atoms with Crippen LogP contribution in [0.3, 0.4) is 0 Å². The van der Waals surface area contributed by atoms with Crippen LogP contribution in [0.4, 0.5) is 0 Å². The summed E-state index contributed by atoms with van der Waals surface area (Å²) in [7, 11) is -4.75. The van der Waals surface area contributed by atoms with Gasteiger partial charge in [-0.05, 0) is 83.5 Å². The van der Waals surface area contributed by atoms with Crippen LogP contribution in [0.2, 0.25) is 0 Å². The normalized spacial score (nSPS) is 14.0. The molecule has 3 unspecified atom stereocenters. The minimum Gasteiger partial charge on any atom is -0.462 e. The van der Waals surface area contributed by atoms with Gasteiger partial charge in [0.1, 0.15) is 12.7 Å². The second-order valence-electron chi connectivity index (χ2n) is 17.7. The lowest BCUT2D eigenvalue weighted by molar-refractivity contribution is -0.161. The minimum absolute atomic E-state index is 0.138. The molecule has 0 amide bonds. The highest BCUT2D eigenvalue weighted by Gasteiger charge is 2.28. The molecule has 12 heteroatoms. The first kappa shape index (κ1) is 64.9. The summed E-state index contributed by atoms with van der Waals surface area (Å²) in [6.07, 6.45) is 54.4. The number of ether oxygens (including phenoxy) is 3. The van der Waals surface area contributed by atoms with Gasteiger partial charge in [0.25, 0.3) is 0 Å². The van der Waals surface area contributed by atoms with Crippen molar-refractivity contribution >= 4 is 25.7 Å². The molecular formula is C56H97O11P. The number of phosphoric acid groups is 1. The van der Waals surface area contributed by atoms with E-state index in [0.717, 1.165) is 116 Å². The molecule has 0 rings (SSSR count). The molecule has 0 spiro atoms. The molecule has 0 aromatic rings. The zero-order valence-electron chi connectivity index (χ0n) is 43.1. The molecule has 0 aliphatic rings. The molecule has 68 heavy (non-hydrogen) atoms. The largest absolute Gasteiger partial charge is 0.472 e. The summed E-state index contributed by atoms with van der Waals surface area (Å²) in [6, 6.07) is 0. The van der Waals surface area contributed by atoms with Gasteiger partial charge in [-0.15, -0.1) is 0 Å². The highest BCUT2D eigenvalue weighted by Crippen LogP contribution is 2.43. The Balaban J connectivity index is 4.77. The van der Waals surface area contributed by atoms with Crippen LogP contribution in [0.1, 0.15) is 226 Å². The monoisotopic (exact) mass is 977 g/mol. The molecule has 392 valence electrons. The molecule has 0 saturated heterocycles. The van der Waals surface area contributed by atoms with Crippen LogP contribution in [0.5, 0.6) is 0 Å². The number of hydrogen-bond acceptors (Lipinski definition) is 10. The number of rotatable bonds is 49. The Hall–Kier alpha value is -3.08. The number of allylic oxidation sites excluding steroid dienone is 12. The Morgan fingerprint density at radius 2 is 0.794 bits per heavy atom. The third-order valence-electron chi connectivity index (χ3n) is 11.1. The maximum absolute atomic E-state index is 12.9. The van der Waals surface area contributed by atoms with Gasteiger partial charge < -0.3 is 24.2 Å². The maximum atomic E-state index is 12.9. The van der Waals surface area contributed by atoms with Crippen molar-refractivity contribution in [1.82, 2.24) is 0 Å². The number of unbranched alkanes of at least 4 members (excludes halogenated alkanes) is 20. The average molecular weight is 977 g/mol. The van der Waals surface area contributed by atoms with Gasteiger partial charge in [0, 0.05) is 19.3 Å². The van der Waals surface area contributed by atoms with Gasteiger partial charge in [-0.3, -0.25) is 23.4 Å². The number of aliphatic hydroxyl groups excluding tert-OH is 1. The second kappa shape index (κ2) is 50.3. The predicted molar refractivity (Wildman–Crippen MR) is 279 cm³/mol. The van der Waals surface area contributed by atoms with Gasteiger partial charge in [0.2, 0.25) is 0 Å². The first-order chi connectivity index (χ1) is 33.2. The molecule has 0 aromatic carbocycles. The number of hydrogen-bond donors (Lipinski definition) is 2. The van der Waals surface area contributed by atoms with Crippen molar-refractivity contribution in [3.8, 4) is 0 Å². The topological polar surface area (TPSA) is 155 Å². The van der Waals surface area contributed by atoms with Crippen molar-refractivity contribution in [2.24, 2.45) is 0 Å². The van der Waals surface area contributed by atoms with Crippen LogP contribution in [0, 0.1) is 0 Å². The highest BCUT2D eigenvalue weighted by atomic mass is 31.2. The summed E-state index contributed by atoms with van der Waals surface area (Å²) in [4.78, 5) is 48.3. The summed E-state index contributed by atoms with van der Waals surface area (Å²) in [5.74, 6) is -1.51. The third kappa shape index (κ3) is 48.0. The summed E-state index contributed by atoms with van der Waals surface area (Å²) in [5, 5.41) is 9.78. The minimum atomic E-state index is -4.75. The summed E-state index contributed by atoms with van der Waals surface area (Å²) < 4.78 is 39.4. The Kier molecular flexibility index (Phi) is 48.0. The van der Waals surface area contributed by atoms with Crippen molar-refractivity contribution in [1.29, 1.82) is 0 Å². The van der Waals surface area contributed by atoms with E-state index in [0.29, 0.717) is 19.3 Å². The molecule has 0 aromatic heterocycles. The molecule has 0 bridgehead atoms. The van der Waals surface area contributed by atoms with E-state index >= 15 is 0 Å². The molecule has 0 aliphatic carbocycles. The van der Waals surface area contributed by atoms with E-state index in [4.69, 9.17) is 23.3 Å². The van der Waals surface area contributed by atoms with Crippen LogP contribution < -0.4 is 0 Å². The van der Waals surface area contributed by atoms with Crippen LogP contribution in [0.25, 0.3) is 0 Å². The van der Waals surface area contributed by atoms with E-state index in [2.05, 4.69) is 93.7 Å². The lowest BCUT2D eigenvalue weighted by atomic mass is 10.1. The Morgan fingerprint density at radius 3 is 1.24 bits per heavy atom. The summed E-state index contributed by atoms with van der Waals surface area (Å²) in [6.45, 7) is 4.40. The van der Waals surface area contributed by atoms with Crippen molar-refractivity contribution < 1.29 is 52.2 Å². The summed E-state index contributed by atoms with van der Waals surface area (Å²) >= 11 is 0. The molecule has 11 nitrogen and oxygen atoms in total. The molecule has 3 atom stereocenters. The van der Waals surface area contributed by atoms with Crippen molar-refractivity contribution in [2.75, 3.05) is 26.4 Å². The number of carbonyl (C=O) groups is 3. The van der Waals surface area contributed by atoms with Gasteiger partial charge in [0.05, 0.1) is 19.8 Å². The molecule has 0 fully saturated rings. The standard InChI is InChI=1S/C56H97O11P/c1-4-7-10-13-16-19-22-24-25-26-27-29-32-35-38-41-44-47-56(60)67-53(49-63-54(58)45-42-39-36-33-30-21-18-15-12-9-6-3)51-65-68(61,62)64-50-52(48-57)66-55(59)46-43-40-37-34-31-28-23-20-17-14-11-8-5-2/h7,10-11,14,16,19-20,23-25,27,29,52-53,57H,4-6,8-9,12-13,15,17-18,21-22,26,28,30-51H2,1-3H3,(H,61,62)/b10-7-,14-11-,19-16-,23-20-,25-24-,29-27-. The van der Waals surface area contributed by atoms with Gasteiger partial charge in [-0.2, -0.15) is 0 Å². The number of aliphatic hydroxyl groups is 1. The fourth-order valence-electron chi connectivity index (χ4n) is 7.03. The van der Waals surface area contributed by atoms with Crippen molar-refractivity contribution in [3.05, 3.63) is 72.9 Å². The van der Waals surface area contributed by atoms with E-state index in [-0.39, 0.29) is 25.9 Å². The van der Waals surface area contributed by atoms with E-state index < -0.39 is 57.8 Å². The molecule has 0 radical (unpaired) electrons. The zero-order valence-corrected chi connectivity index (χ0v) is 43.9. The SMILES string of the molecule is CC/C=C\C/C=C\C/C=C\C/C=C\CCCCCCC(=O)OC(COC(=O)CCCCCCCCCCCCC)COP(=O)(O)OCC(CO)OC(=O)CCCCCCC/C=C\C/C=C\CCC. The van der Waals surface area contributed by atoms with Gasteiger partial charge >= 0.3 is 25.7 Å². The Bertz CT molecular complexity index is 1420. The van der Waals surface area contributed by atoms with Crippen LogP contribution in [-0.2, 0) is 42.2 Å². The summed E-state index contributed by atoms with van der Waals surface area (Å²) in [5.41, 5.74) is 0. The van der Waals surface area contributed by atoms with Crippen LogP contribution in [-0.4, -0.2) is 66.5 Å². The van der Waals surface area contributed by atoms with E-state index in [9.17, 15) is 28.9 Å². The van der Waals surface area contributed by atoms with Crippen LogP contribution >= 0.6 is 7.82 Å². The fourth-order valence-corrected chi connectivity index (χ4v) is 7.82. The lowest BCUT2D eigenvalue weighted by Gasteiger charge is -2.21. The van der Waals surface area contributed by atoms with E-state index in [1.165, 1.54) is 51.4 Å². The molecule has 2 N–H and O–H groups in total. The Labute approximate surface area is 414 Å². The van der Waals surface area contributed by atoms with Gasteiger partial charge in [-0.1, -0.05) is 196 Å². The first-order valence-electron chi connectivity index (χ1n) is 26.8. The quantitative estimate of drug-likeness (QED) is 0.0197. The van der Waals surface area contributed by atoms with E-state index in [1.54, 1.807) is 0 Å². The smallest absolute Gasteiger partial charge is 0.462 e. The third-order valence-corrected chi connectivity index (χ3v) is 12.0. The van der Waals surface area contributed by atoms with E-state index in [1.807, 2.05) is 0 Å². The Morgan fingerprint density at radius 1 is 0.426 bits per heavy atom. The van der Waals surface area contributed by atoms with Gasteiger partial charge in [-0.25, -0.2) is 4.57 Å². The van der Waals surface area contributed by atoms with Crippen LogP contribution in [0.15, 0.2) is 72.9 Å². The maximum Gasteiger partial charge on any atom is 0.472 e.